The van der Waals surface area contributed by atoms with E-state index in [9.17, 15) is 8.42 Å². The highest BCUT2D eigenvalue weighted by atomic mass is 79.9. The summed E-state index contributed by atoms with van der Waals surface area (Å²) in [4.78, 5) is 0.0734. The molecule has 0 spiro atoms. The normalized spacial score (nSPS) is 11.2. The van der Waals surface area contributed by atoms with Gasteiger partial charge in [-0.05, 0) is 77.3 Å². The Morgan fingerprint density at radius 3 is 2.40 bits per heavy atom. The second kappa shape index (κ2) is 9.29. The van der Waals surface area contributed by atoms with Crippen LogP contribution in [0, 0.1) is 13.8 Å². The first-order chi connectivity index (χ1) is 14.2. The number of methoxy groups -OCH3 is 1. The fourth-order valence-corrected chi connectivity index (χ4v) is 4.61. The highest BCUT2D eigenvalue weighted by molar-refractivity contribution is 9.10. The molecule has 0 saturated heterocycles. The zero-order chi connectivity index (χ0) is 21.9. The number of halogens is 2. The molecule has 3 aromatic rings. The number of anilines is 1. The van der Waals surface area contributed by atoms with Crippen LogP contribution in [0.25, 0.3) is 0 Å². The summed E-state index contributed by atoms with van der Waals surface area (Å²) in [7, 11) is -2.54. The first kappa shape index (κ1) is 22.5. The highest BCUT2D eigenvalue weighted by Crippen LogP contribution is 2.38. The van der Waals surface area contributed by atoms with Gasteiger partial charge in [0, 0.05) is 17.3 Å². The Kier molecular flexibility index (Phi) is 6.95. The molecule has 0 heterocycles. The van der Waals surface area contributed by atoms with Crippen LogP contribution in [0.3, 0.4) is 0 Å². The van der Waals surface area contributed by atoms with E-state index in [-0.39, 0.29) is 10.6 Å². The quantitative estimate of drug-likeness (QED) is 0.389. The van der Waals surface area contributed by atoms with Crippen molar-refractivity contribution in [1.29, 1.82) is 0 Å². The van der Waals surface area contributed by atoms with Gasteiger partial charge >= 0.3 is 10.1 Å². The fraction of sp³-hybridized carbons (Fsp3) is 0.182. The van der Waals surface area contributed by atoms with Crippen molar-refractivity contribution in [1.82, 2.24) is 0 Å². The summed E-state index contributed by atoms with van der Waals surface area (Å²) in [5, 5.41) is 3.97. The van der Waals surface area contributed by atoms with Gasteiger partial charge in [-0.1, -0.05) is 35.4 Å². The molecule has 1 N–H and O–H groups in total. The molecule has 0 aliphatic heterocycles. The number of nitrogens with one attached hydrogen (secondary N) is 1. The molecule has 0 unspecified atom stereocenters. The molecule has 0 aliphatic rings. The summed E-state index contributed by atoms with van der Waals surface area (Å²) in [5.41, 5.74) is 3.81. The average Bonchev–Trinajstić information content (AvgIpc) is 2.70. The lowest BCUT2D eigenvalue weighted by Crippen LogP contribution is -2.11. The van der Waals surface area contributed by atoms with Crippen molar-refractivity contribution in [3.8, 4) is 11.5 Å². The molecule has 0 fully saturated rings. The molecule has 158 valence electrons. The highest BCUT2D eigenvalue weighted by Gasteiger charge is 2.22. The van der Waals surface area contributed by atoms with Gasteiger partial charge < -0.3 is 14.2 Å². The molecule has 0 aliphatic carbocycles. The first-order valence-electron chi connectivity index (χ1n) is 9.07. The third-order valence-electron chi connectivity index (χ3n) is 4.47. The number of hydrogen-bond donors (Lipinski definition) is 1. The van der Waals surface area contributed by atoms with Gasteiger partial charge in [-0.25, -0.2) is 0 Å². The van der Waals surface area contributed by atoms with E-state index in [1.165, 1.54) is 19.2 Å². The smallest absolute Gasteiger partial charge is 0.339 e. The summed E-state index contributed by atoms with van der Waals surface area (Å²) in [6.45, 7) is 4.36. The van der Waals surface area contributed by atoms with E-state index in [0.29, 0.717) is 21.8 Å². The van der Waals surface area contributed by atoms with Crippen molar-refractivity contribution in [2.24, 2.45) is 0 Å². The standard InChI is InChI=1S/C22H21BrClNO4S/c1-14-4-8-18(9-5-14)30(26,27)29-22-19(23)10-16(11-21(22)28-3)13-25-20-12-17(24)7-6-15(20)2/h4-12,25H,13H2,1-3H3. The van der Waals surface area contributed by atoms with Crippen LogP contribution in [0.1, 0.15) is 16.7 Å². The topological polar surface area (TPSA) is 64.6 Å². The molecule has 0 saturated carbocycles. The largest absolute Gasteiger partial charge is 0.493 e. The summed E-state index contributed by atoms with van der Waals surface area (Å²) >= 11 is 9.48. The summed E-state index contributed by atoms with van der Waals surface area (Å²) in [6, 6.07) is 15.6. The molecule has 0 radical (unpaired) electrons. The number of ether oxygens (including phenoxy) is 1. The van der Waals surface area contributed by atoms with Crippen molar-refractivity contribution in [3.05, 3.63) is 80.8 Å². The zero-order valence-corrected chi connectivity index (χ0v) is 19.9. The Balaban J connectivity index is 1.85. The first-order valence-corrected chi connectivity index (χ1v) is 11.6. The van der Waals surface area contributed by atoms with Gasteiger partial charge in [0.2, 0.25) is 0 Å². The van der Waals surface area contributed by atoms with Crippen LogP contribution in [0.4, 0.5) is 5.69 Å². The van der Waals surface area contributed by atoms with Crippen LogP contribution in [-0.4, -0.2) is 15.5 Å². The molecule has 0 atom stereocenters. The molecule has 3 aromatic carbocycles. The lowest BCUT2D eigenvalue weighted by molar-refractivity contribution is 0.389. The van der Waals surface area contributed by atoms with E-state index in [1.54, 1.807) is 24.3 Å². The SMILES string of the molecule is COc1cc(CNc2cc(Cl)ccc2C)cc(Br)c1OS(=O)(=O)c1ccc(C)cc1. The van der Waals surface area contributed by atoms with Crippen molar-refractivity contribution in [2.75, 3.05) is 12.4 Å². The van der Waals surface area contributed by atoms with Crippen LogP contribution in [0.2, 0.25) is 5.02 Å². The Bertz CT molecular complexity index is 1160. The Labute approximate surface area is 190 Å². The van der Waals surface area contributed by atoms with E-state index in [2.05, 4.69) is 21.2 Å². The molecule has 0 bridgehead atoms. The third kappa shape index (κ3) is 5.28. The third-order valence-corrected chi connectivity index (χ3v) is 6.53. The number of aryl methyl sites for hydroxylation is 2. The van der Waals surface area contributed by atoms with Gasteiger partial charge in [0.15, 0.2) is 11.5 Å². The molecule has 30 heavy (non-hydrogen) atoms. The van der Waals surface area contributed by atoms with Crippen LogP contribution in [-0.2, 0) is 16.7 Å². The van der Waals surface area contributed by atoms with Gasteiger partial charge in [-0.3, -0.25) is 0 Å². The minimum Gasteiger partial charge on any atom is -0.493 e. The van der Waals surface area contributed by atoms with E-state index in [4.69, 9.17) is 20.5 Å². The minimum atomic E-state index is -4.00. The molecule has 0 aromatic heterocycles. The van der Waals surface area contributed by atoms with Gasteiger partial charge in [-0.2, -0.15) is 8.42 Å². The fourth-order valence-electron chi connectivity index (χ4n) is 2.80. The van der Waals surface area contributed by atoms with Gasteiger partial charge in [-0.15, -0.1) is 0 Å². The predicted molar refractivity (Wildman–Crippen MR) is 123 cm³/mol. The Morgan fingerprint density at radius 2 is 1.73 bits per heavy atom. The van der Waals surface area contributed by atoms with E-state index in [1.807, 2.05) is 32.0 Å². The molecule has 5 nitrogen and oxygen atoms in total. The molecule has 8 heteroatoms. The Hall–Kier alpha value is -2.22. The van der Waals surface area contributed by atoms with E-state index < -0.39 is 10.1 Å². The van der Waals surface area contributed by atoms with E-state index in [0.717, 1.165) is 22.4 Å². The molecule has 0 amide bonds. The molecule has 3 rings (SSSR count). The van der Waals surface area contributed by atoms with Crippen molar-refractivity contribution >= 4 is 43.3 Å². The maximum atomic E-state index is 12.7. The minimum absolute atomic E-state index is 0.0734. The Morgan fingerprint density at radius 1 is 1.03 bits per heavy atom. The van der Waals surface area contributed by atoms with Crippen molar-refractivity contribution in [2.45, 2.75) is 25.3 Å². The summed E-state index contributed by atoms with van der Waals surface area (Å²) < 4.78 is 36.6. The predicted octanol–water partition coefficient (Wildman–Crippen LogP) is 6.11. The lowest BCUT2D eigenvalue weighted by Gasteiger charge is -2.15. The van der Waals surface area contributed by atoms with Crippen LogP contribution in [0.5, 0.6) is 11.5 Å². The number of benzene rings is 3. The number of hydrogen-bond acceptors (Lipinski definition) is 5. The second-order valence-corrected chi connectivity index (χ2v) is 9.61. The summed E-state index contributed by atoms with van der Waals surface area (Å²) in [6.07, 6.45) is 0. The van der Waals surface area contributed by atoms with E-state index >= 15 is 0 Å². The lowest BCUT2D eigenvalue weighted by atomic mass is 10.1. The second-order valence-electron chi connectivity index (χ2n) is 6.77. The van der Waals surface area contributed by atoms with Crippen molar-refractivity contribution in [3.63, 3.8) is 0 Å². The van der Waals surface area contributed by atoms with Crippen molar-refractivity contribution < 1.29 is 17.3 Å². The maximum absolute atomic E-state index is 12.7. The molecular formula is C22H21BrClNO4S. The monoisotopic (exact) mass is 509 g/mol. The van der Waals surface area contributed by atoms with Gasteiger partial charge in [0.05, 0.1) is 11.6 Å². The van der Waals surface area contributed by atoms with Crippen LogP contribution < -0.4 is 14.2 Å². The molecular weight excluding hydrogens is 490 g/mol. The van der Waals surface area contributed by atoms with Crippen LogP contribution >= 0.6 is 27.5 Å². The van der Waals surface area contributed by atoms with Crippen LogP contribution in [0.15, 0.2) is 64.0 Å². The average molecular weight is 511 g/mol. The van der Waals surface area contributed by atoms with Gasteiger partial charge in [0.25, 0.3) is 0 Å². The zero-order valence-electron chi connectivity index (χ0n) is 16.7. The summed E-state index contributed by atoms with van der Waals surface area (Å²) in [5.74, 6) is 0.403. The maximum Gasteiger partial charge on any atom is 0.339 e. The number of rotatable bonds is 7. The van der Waals surface area contributed by atoms with Gasteiger partial charge in [0.1, 0.15) is 4.90 Å².